The first-order valence-corrected chi connectivity index (χ1v) is 14.0. The lowest BCUT2D eigenvalue weighted by atomic mass is 9.95. The number of amides is 4. The van der Waals surface area contributed by atoms with Gasteiger partial charge in [-0.2, -0.15) is 0 Å². The number of benzene rings is 1. The van der Waals surface area contributed by atoms with Gasteiger partial charge >= 0.3 is 0 Å². The van der Waals surface area contributed by atoms with E-state index in [2.05, 4.69) is 5.32 Å². The van der Waals surface area contributed by atoms with Gasteiger partial charge in [0.25, 0.3) is 5.91 Å². The molecule has 0 spiro atoms. The summed E-state index contributed by atoms with van der Waals surface area (Å²) in [6.07, 6.45) is 2.75. The van der Waals surface area contributed by atoms with E-state index < -0.39 is 53.8 Å². The zero-order valence-corrected chi connectivity index (χ0v) is 25.4. The third kappa shape index (κ3) is 8.02. The maximum absolute atomic E-state index is 13.5. The second kappa shape index (κ2) is 13.5. The number of aliphatic hydroxyl groups is 1. The number of nitrogens with one attached hydrogen (secondary N) is 1. The van der Waals surface area contributed by atoms with E-state index in [-0.39, 0.29) is 18.1 Å². The number of imide groups is 1. The summed E-state index contributed by atoms with van der Waals surface area (Å²) in [6.45, 7) is 10.4. The summed E-state index contributed by atoms with van der Waals surface area (Å²) in [5, 5.41) is 22.1. The fourth-order valence-electron chi connectivity index (χ4n) is 4.90. The van der Waals surface area contributed by atoms with Crippen molar-refractivity contribution in [2.75, 3.05) is 7.05 Å². The number of aliphatic hydroxyl groups excluding tert-OH is 1. The highest BCUT2D eigenvalue weighted by Gasteiger charge is 2.42. The van der Waals surface area contributed by atoms with Crippen molar-refractivity contribution in [2.24, 2.45) is 11.8 Å². The van der Waals surface area contributed by atoms with Gasteiger partial charge in [0.1, 0.15) is 23.9 Å². The molecule has 38 heavy (non-hydrogen) atoms. The summed E-state index contributed by atoms with van der Waals surface area (Å²) in [5.41, 5.74) is 1.70. The zero-order chi connectivity index (χ0) is 28.9. The van der Waals surface area contributed by atoms with Crippen LogP contribution in [0.15, 0.2) is 29.8 Å². The highest BCUT2D eigenvalue weighted by atomic mass is 127. The van der Waals surface area contributed by atoms with Crippen LogP contribution in [0, 0.1) is 15.4 Å². The van der Waals surface area contributed by atoms with Gasteiger partial charge in [0, 0.05) is 19.4 Å². The molecule has 1 fully saturated rings. The molecule has 10 heteroatoms. The van der Waals surface area contributed by atoms with E-state index in [0.717, 1.165) is 16.0 Å². The Hall–Kier alpha value is -2.47. The van der Waals surface area contributed by atoms with Gasteiger partial charge in [-0.3, -0.25) is 24.1 Å². The van der Waals surface area contributed by atoms with E-state index in [1.54, 1.807) is 26.0 Å². The van der Waals surface area contributed by atoms with E-state index in [9.17, 15) is 29.4 Å². The largest absolute Gasteiger partial charge is 0.507 e. The summed E-state index contributed by atoms with van der Waals surface area (Å²) in [5.74, 6) is -2.45. The number of allylic oxidation sites excluding steroid dienone is 2. The first kappa shape index (κ1) is 31.7. The van der Waals surface area contributed by atoms with Gasteiger partial charge in [0.2, 0.25) is 17.7 Å². The average Bonchev–Trinajstić information content (AvgIpc) is 2.83. The predicted molar refractivity (Wildman–Crippen MR) is 153 cm³/mol. The van der Waals surface area contributed by atoms with Crippen LogP contribution in [0.1, 0.15) is 59.9 Å². The van der Waals surface area contributed by atoms with Gasteiger partial charge in [-0.15, -0.1) is 0 Å². The van der Waals surface area contributed by atoms with Gasteiger partial charge in [0.15, 0.2) is 0 Å². The summed E-state index contributed by atoms with van der Waals surface area (Å²) in [4.78, 5) is 55.9. The fourth-order valence-corrected chi connectivity index (χ4v) is 5.48. The first-order chi connectivity index (χ1) is 17.6. The van der Waals surface area contributed by atoms with Crippen LogP contribution in [0.3, 0.4) is 0 Å². The predicted octanol–water partition coefficient (Wildman–Crippen LogP) is 3.01. The highest BCUT2D eigenvalue weighted by Crippen LogP contribution is 2.24. The standard InChI is InChI=1S/C28H40IN3O6/c1-15(10-16(2)12-18(4)33)11-17(3)26(36)32-20(6)28(38)31(7)23(25(35)30-19(5)27(32)37)14-21-8-9-24(34)22(29)13-21/h8-10,13,16-20,23,33-34H,11-12,14H2,1-7H3,(H,30,35). The van der Waals surface area contributed by atoms with E-state index in [1.807, 2.05) is 42.5 Å². The van der Waals surface area contributed by atoms with Crippen molar-refractivity contribution in [1.29, 1.82) is 0 Å². The van der Waals surface area contributed by atoms with E-state index in [4.69, 9.17) is 0 Å². The SMILES string of the molecule is CC(=CC(C)CC(C)O)CC(C)C(=O)N1C(=O)C(C)NC(=O)C(Cc2ccc(O)c(I)c2)N(C)C(=O)C1C. The van der Waals surface area contributed by atoms with Crippen LogP contribution in [0.5, 0.6) is 5.75 Å². The van der Waals surface area contributed by atoms with Crippen LogP contribution in [0.4, 0.5) is 0 Å². The topological polar surface area (TPSA) is 127 Å². The summed E-state index contributed by atoms with van der Waals surface area (Å²) in [7, 11) is 1.50. The van der Waals surface area contributed by atoms with Gasteiger partial charge < -0.3 is 20.4 Å². The van der Waals surface area contributed by atoms with Gasteiger partial charge in [-0.1, -0.05) is 31.6 Å². The Morgan fingerprint density at radius 3 is 2.37 bits per heavy atom. The molecule has 1 aromatic rings. The van der Waals surface area contributed by atoms with Crippen molar-refractivity contribution < 1.29 is 29.4 Å². The van der Waals surface area contributed by atoms with Crippen LogP contribution in [0.25, 0.3) is 0 Å². The number of rotatable bonds is 8. The monoisotopic (exact) mass is 641 g/mol. The van der Waals surface area contributed by atoms with Crippen molar-refractivity contribution in [3.63, 3.8) is 0 Å². The van der Waals surface area contributed by atoms with Crippen LogP contribution in [-0.2, 0) is 25.6 Å². The maximum atomic E-state index is 13.5. The molecular formula is C28H40IN3O6. The molecule has 2 rings (SSSR count). The number of halogens is 1. The lowest BCUT2D eigenvalue weighted by molar-refractivity contribution is -0.156. The third-order valence-electron chi connectivity index (χ3n) is 6.84. The molecule has 0 saturated carbocycles. The summed E-state index contributed by atoms with van der Waals surface area (Å²) < 4.78 is 0.616. The Balaban J connectivity index is 2.31. The molecule has 1 aliphatic heterocycles. The van der Waals surface area contributed by atoms with Crippen LogP contribution in [-0.4, -0.2) is 74.9 Å². The average molecular weight is 642 g/mol. The molecule has 3 N–H and O–H groups in total. The Labute approximate surface area is 238 Å². The van der Waals surface area contributed by atoms with Crippen molar-refractivity contribution in [3.8, 4) is 5.75 Å². The number of phenols is 1. The van der Waals surface area contributed by atoms with E-state index in [0.29, 0.717) is 16.4 Å². The van der Waals surface area contributed by atoms with E-state index in [1.165, 1.54) is 31.9 Å². The summed E-state index contributed by atoms with van der Waals surface area (Å²) in [6, 6.07) is 1.94. The molecule has 6 atom stereocenters. The number of carbonyl (C=O) groups is 4. The minimum Gasteiger partial charge on any atom is -0.507 e. The molecule has 0 aliphatic carbocycles. The van der Waals surface area contributed by atoms with Crippen molar-refractivity contribution in [2.45, 2.75) is 85.0 Å². The normalized spacial score (nSPS) is 23.8. The lowest BCUT2D eigenvalue weighted by Crippen LogP contribution is -2.55. The number of phenolic OH excluding ortho intramolecular Hbond substituents is 1. The molecule has 1 saturated heterocycles. The van der Waals surface area contributed by atoms with Gasteiger partial charge in [0.05, 0.1) is 9.67 Å². The summed E-state index contributed by atoms with van der Waals surface area (Å²) >= 11 is 1.99. The molecule has 1 aromatic carbocycles. The fraction of sp³-hybridized carbons (Fsp3) is 0.571. The smallest absolute Gasteiger partial charge is 0.252 e. The molecule has 0 radical (unpaired) electrons. The molecular weight excluding hydrogens is 601 g/mol. The minimum atomic E-state index is -1.10. The number of likely N-dealkylation sites (N-methyl/N-ethyl adjacent to an activating group) is 1. The first-order valence-electron chi connectivity index (χ1n) is 12.9. The lowest BCUT2D eigenvalue weighted by Gasteiger charge is -2.33. The molecule has 1 aliphatic rings. The van der Waals surface area contributed by atoms with Gasteiger partial charge in [-0.25, -0.2) is 0 Å². The Kier molecular flexibility index (Phi) is 11.3. The molecule has 9 nitrogen and oxygen atoms in total. The van der Waals surface area contributed by atoms with Gasteiger partial charge in [-0.05, 0) is 86.7 Å². The van der Waals surface area contributed by atoms with Crippen molar-refractivity contribution in [3.05, 3.63) is 39.0 Å². The number of aromatic hydroxyl groups is 1. The molecule has 6 unspecified atom stereocenters. The Morgan fingerprint density at radius 1 is 1.16 bits per heavy atom. The minimum absolute atomic E-state index is 0.122. The van der Waals surface area contributed by atoms with Crippen LogP contribution < -0.4 is 5.32 Å². The van der Waals surface area contributed by atoms with Crippen LogP contribution in [0.2, 0.25) is 0 Å². The number of hydrogen-bond donors (Lipinski definition) is 3. The number of carbonyl (C=O) groups excluding carboxylic acids is 4. The number of nitrogens with zero attached hydrogens (tertiary/aromatic N) is 2. The quantitative estimate of drug-likeness (QED) is 0.296. The second-order valence-corrected chi connectivity index (χ2v) is 11.7. The Bertz CT molecular complexity index is 1090. The highest BCUT2D eigenvalue weighted by molar-refractivity contribution is 14.1. The molecule has 0 aromatic heterocycles. The van der Waals surface area contributed by atoms with Crippen LogP contribution >= 0.6 is 22.6 Å². The molecule has 4 amide bonds. The number of hydrogen-bond acceptors (Lipinski definition) is 6. The van der Waals surface area contributed by atoms with E-state index >= 15 is 0 Å². The Morgan fingerprint density at radius 2 is 1.79 bits per heavy atom. The molecule has 210 valence electrons. The maximum Gasteiger partial charge on any atom is 0.252 e. The van der Waals surface area contributed by atoms with Crippen molar-refractivity contribution >= 4 is 46.2 Å². The molecule has 0 bridgehead atoms. The second-order valence-electron chi connectivity index (χ2n) is 10.6. The van der Waals surface area contributed by atoms with Crippen molar-refractivity contribution in [1.82, 2.24) is 15.1 Å². The molecule has 1 heterocycles. The third-order valence-corrected chi connectivity index (χ3v) is 7.70. The zero-order valence-electron chi connectivity index (χ0n) is 23.2.